The lowest BCUT2D eigenvalue weighted by molar-refractivity contribution is -0.136. The molecule has 17 heavy (non-hydrogen) atoms. The van der Waals surface area contributed by atoms with Gasteiger partial charge < -0.3 is 16.0 Å². The van der Waals surface area contributed by atoms with E-state index in [9.17, 15) is 9.59 Å². The first-order valence-corrected chi connectivity index (χ1v) is 5.01. The van der Waals surface area contributed by atoms with E-state index < -0.39 is 11.8 Å². The van der Waals surface area contributed by atoms with Crippen molar-refractivity contribution in [1.29, 1.82) is 0 Å². The predicted molar refractivity (Wildman–Crippen MR) is 64.7 cm³/mol. The standard InChI is InChI=1S/C12H11N3O2/c13-11(16)12(17)14-6-5-8-7-15-10-4-2-1-3-9(8)10/h1-7,15H,(H2,13,16)(H,14,17)/b6-5-. The number of aromatic nitrogens is 1. The highest BCUT2D eigenvalue weighted by Crippen LogP contribution is 2.18. The van der Waals surface area contributed by atoms with Gasteiger partial charge in [-0.05, 0) is 12.1 Å². The third kappa shape index (κ3) is 2.34. The minimum atomic E-state index is -1.01. The van der Waals surface area contributed by atoms with Gasteiger partial charge in [0.2, 0.25) is 0 Å². The van der Waals surface area contributed by atoms with E-state index in [2.05, 4.69) is 10.3 Å². The van der Waals surface area contributed by atoms with Crippen molar-refractivity contribution in [2.75, 3.05) is 0 Å². The van der Waals surface area contributed by atoms with Crippen LogP contribution in [0.5, 0.6) is 0 Å². The predicted octanol–water partition coefficient (Wildman–Crippen LogP) is 0.740. The summed E-state index contributed by atoms with van der Waals surface area (Å²) in [6.45, 7) is 0. The lowest BCUT2D eigenvalue weighted by atomic mass is 10.2. The highest BCUT2D eigenvalue weighted by atomic mass is 16.2. The summed E-state index contributed by atoms with van der Waals surface area (Å²) in [5.41, 5.74) is 6.72. The number of fused-ring (bicyclic) bond motifs is 1. The summed E-state index contributed by atoms with van der Waals surface area (Å²) >= 11 is 0. The van der Waals surface area contributed by atoms with Gasteiger partial charge in [-0.15, -0.1) is 0 Å². The molecule has 5 nitrogen and oxygen atoms in total. The van der Waals surface area contributed by atoms with Crippen LogP contribution in [0.3, 0.4) is 0 Å². The molecule has 2 rings (SSSR count). The van der Waals surface area contributed by atoms with Crippen molar-refractivity contribution in [3.8, 4) is 0 Å². The number of nitrogens with one attached hydrogen (secondary N) is 2. The van der Waals surface area contributed by atoms with Crippen LogP contribution < -0.4 is 11.1 Å². The van der Waals surface area contributed by atoms with Crippen LogP contribution in [0.4, 0.5) is 0 Å². The van der Waals surface area contributed by atoms with Crippen molar-refractivity contribution in [2.24, 2.45) is 5.73 Å². The van der Waals surface area contributed by atoms with Crippen LogP contribution >= 0.6 is 0 Å². The van der Waals surface area contributed by atoms with Gasteiger partial charge in [0.05, 0.1) is 0 Å². The Bertz CT molecular complexity index is 599. The number of carbonyl (C=O) groups excluding carboxylic acids is 2. The SMILES string of the molecule is NC(=O)C(=O)N/C=C\c1c[nH]c2ccccc12. The highest BCUT2D eigenvalue weighted by molar-refractivity contribution is 6.34. The number of para-hydroxylation sites is 1. The Hall–Kier alpha value is -2.56. The molecule has 0 saturated carbocycles. The Balaban J connectivity index is 2.16. The second kappa shape index (κ2) is 4.52. The number of carbonyl (C=O) groups is 2. The van der Waals surface area contributed by atoms with E-state index >= 15 is 0 Å². The first-order valence-electron chi connectivity index (χ1n) is 5.01. The first kappa shape index (κ1) is 10.9. The number of primary amides is 1. The average Bonchev–Trinajstić information content (AvgIpc) is 2.72. The third-order valence-electron chi connectivity index (χ3n) is 2.32. The quantitative estimate of drug-likeness (QED) is 0.663. The Morgan fingerprint density at radius 1 is 1.29 bits per heavy atom. The smallest absolute Gasteiger partial charge is 0.312 e. The normalized spacial score (nSPS) is 10.8. The number of hydrogen-bond donors (Lipinski definition) is 3. The molecule has 86 valence electrons. The monoisotopic (exact) mass is 229 g/mol. The summed E-state index contributed by atoms with van der Waals surface area (Å²) < 4.78 is 0. The molecule has 0 bridgehead atoms. The van der Waals surface area contributed by atoms with Crippen molar-refractivity contribution in [1.82, 2.24) is 10.3 Å². The van der Waals surface area contributed by atoms with Gasteiger partial charge in [-0.2, -0.15) is 0 Å². The second-order valence-corrected chi connectivity index (χ2v) is 3.46. The van der Waals surface area contributed by atoms with Crippen LogP contribution in [-0.4, -0.2) is 16.8 Å². The average molecular weight is 229 g/mol. The molecule has 1 aromatic carbocycles. The van der Waals surface area contributed by atoms with E-state index in [1.54, 1.807) is 6.08 Å². The van der Waals surface area contributed by atoms with Crippen LogP contribution in [-0.2, 0) is 9.59 Å². The van der Waals surface area contributed by atoms with Gasteiger partial charge >= 0.3 is 11.8 Å². The van der Waals surface area contributed by atoms with Gasteiger partial charge in [0.25, 0.3) is 0 Å². The van der Waals surface area contributed by atoms with Gasteiger partial charge in [-0.1, -0.05) is 18.2 Å². The second-order valence-electron chi connectivity index (χ2n) is 3.46. The largest absolute Gasteiger partial charge is 0.361 e. The summed E-state index contributed by atoms with van der Waals surface area (Å²) in [5, 5.41) is 3.32. The minimum Gasteiger partial charge on any atom is -0.361 e. The molecule has 2 aromatic rings. The van der Waals surface area contributed by atoms with E-state index in [1.807, 2.05) is 30.5 Å². The van der Waals surface area contributed by atoms with E-state index in [0.29, 0.717) is 0 Å². The molecule has 2 amide bonds. The molecule has 0 spiro atoms. The topological polar surface area (TPSA) is 88.0 Å². The molecule has 0 atom stereocenters. The number of H-pyrrole nitrogens is 1. The maximum Gasteiger partial charge on any atom is 0.312 e. The molecule has 0 aliphatic rings. The van der Waals surface area contributed by atoms with E-state index in [1.165, 1.54) is 6.20 Å². The summed E-state index contributed by atoms with van der Waals surface area (Å²) in [4.78, 5) is 24.5. The van der Waals surface area contributed by atoms with Gasteiger partial charge in [0.15, 0.2) is 0 Å². The summed E-state index contributed by atoms with van der Waals surface area (Å²) in [7, 11) is 0. The van der Waals surface area contributed by atoms with Crippen molar-refractivity contribution in [3.05, 3.63) is 42.2 Å². The van der Waals surface area contributed by atoms with Crippen molar-refractivity contribution in [3.63, 3.8) is 0 Å². The lowest BCUT2D eigenvalue weighted by Crippen LogP contribution is -2.32. The van der Waals surface area contributed by atoms with Crippen molar-refractivity contribution >= 4 is 28.8 Å². The van der Waals surface area contributed by atoms with E-state index in [4.69, 9.17) is 5.73 Å². The van der Waals surface area contributed by atoms with Crippen molar-refractivity contribution < 1.29 is 9.59 Å². The van der Waals surface area contributed by atoms with E-state index in [-0.39, 0.29) is 0 Å². The number of rotatable bonds is 2. The highest BCUT2D eigenvalue weighted by Gasteiger charge is 2.04. The molecule has 1 heterocycles. The Kier molecular flexibility index (Phi) is 2.91. The fourth-order valence-electron chi connectivity index (χ4n) is 1.51. The van der Waals surface area contributed by atoms with Crippen LogP contribution in [0, 0.1) is 0 Å². The molecule has 0 saturated heterocycles. The number of hydrogen-bond acceptors (Lipinski definition) is 2. The zero-order valence-electron chi connectivity index (χ0n) is 8.94. The Labute approximate surface area is 97.3 Å². The number of amides is 2. The molecule has 0 radical (unpaired) electrons. The van der Waals surface area contributed by atoms with Crippen molar-refractivity contribution in [2.45, 2.75) is 0 Å². The van der Waals surface area contributed by atoms with E-state index in [0.717, 1.165) is 16.5 Å². The Morgan fingerprint density at radius 2 is 2.06 bits per heavy atom. The maximum atomic E-state index is 10.9. The molecule has 0 aliphatic carbocycles. The van der Waals surface area contributed by atoms with Gasteiger partial charge in [0.1, 0.15) is 0 Å². The zero-order chi connectivity index (χ0) is 12.3. The molecular weight excluding hydrogens is 218 g/mol. The molecule has 0 fully saturated rings. The molecule has 5 heteroatoms. The summed E-state index contributed by atoms with van der Waals surface area (Å²) in [5.74, 6) is -1.84. The van der Waals surface area contributed by atoms with Gasteiger partial charge in [0, 0.05) is 28.9 Å². The number of nitrogens with two attached hydrogens (primary N) is 1. The maximum absolute atomic E-state index is 10.9. The number of aromatic amines is 1. The molecule has 0 unspecified atom stereocenters. The third-order valence-corrected chi connectivity index (χ3v) is 2.32. The fraction of sp³-hybridized carbons (Fsp3) is 0. The summed E-state index contributed by atoms with van der Waals surface area (Å²) in [6, 6.07) is 7.77. The molecule has 0 aliphatic heterocycles. The lowest BCUT2D eigenvalue weighted by Gasteiger charge is -1.93. The van der Waals surface area contributed by atoms with Gasteiger partial charge in [-0.3, -0.25) is 9.59 Å². The van der Waals surface area contributed by atoms with Crippen LogP contribution in [0.15, 0.2) is 36.7 Å². The Morgan fingerprint density at radius 3 is 2.82 bits per heavy atom. The fourth-order valence-corrected chi connectivity index (χ4v) is 1.51. The molecule has 1 aromatic heterocycles. The molecular formula is C12H11N3O2. The zero-order valence-corrected chi connectivity index (χ0v) is 8.94. The minimum absolute atomic E-state index is 0.832. The first-order chi connectivity index (χ1) is 8.18. The number of benzene rings is 1. The van der Waals surface area contributed by atoms with Crippen LogP contribution in [0.1, 0.15) is 5.56 Å². The van der Waals surface area contributed by atoms with Crippen LogP contribution in [0.25, 0.3) is 17.0 Å². The van der Waals surface area contributed by atoms with Gasteiger partial charge in [-0.25, -0.2) is 0 Å². The van der Waals surface area contributed by atoms with Crippen LogP contribution in [0.2, 0.25) is 0 Å². The molecule has 4 N–H and O–H groups in total. The summed E-state index contributed by atoms with van der Waals surface area (Å²) in [6.07, 6.45) is 4.90.